The van der Waals surface area contributed by atoms with E-state index in [0.717, 1.165) is 36.0 Å². The van der Waals surface area contributed by atoms with Gasteiger partial charge >= 0.3 is 0 Å². The van der Waals surface area contributed by atoms with Gasteiger partial charge in [-0.15, -0.1) is 0 Å². The van der Waals surface area contributed by atoms with Crippen LogP contribution >= 0.6 is 0 Å². The van der Waals surface area contributed by atoms with E-state index in [2.05, 4.69) is 33.9 Å². The fourth-order valence-electron chi connectivity index (χ4n) is 3.94. The molecule has 4 nitrogen and oxygen atoms in total. The zero-order valence-corrected chi connectivity index (χ0v) is 14.2. The van der Waals surface area contributed by atoms with Crippen LogP contribution in [-0.4, -0.2) is 9.97 Å². The molecule has 25 heavy (non-hydrogen) atoms. The number of nitrogens with zero attached hydrogens (tertiary/aromatic N) is 3. The minimum atomic E-state index is 0.771. The highest BCUT2D eigenvalue weighted by atomic mass is 16.5. The van der Waals surface area contributed by atoms with Gasteiger partial charge in [-0.3, -0.25) is 4.90 Å². The van der Waals surface area contributed by atoms with Crippen LogP contribution in [0.5, 0.6) is 11.5 Å². The van der Waals surface area contributed by atoms with Crippen LogP contribution in [-0.2, 0) is 12.8 Å². The highest BCUT2D eigenvalue weighted by Crippen LogP contribution is 2.49. The second-order valence-corrected chi connectivity index (χ2v) is 6.65. The van der Waals surface area contributed by atoms with Crippen LogP contribution in [0.1, 0.15) is 29.5 Å². The second-order valence-electron chi connectivity index (χ2n) is 6.65. The van der Waals surface area contributed by atoms with Crippen molar-refractivity contribution in [3.05, 3.63) is 65.5 Å². The van der Waals surface area contributed by atoms with E-state index < -0.39 is 0 Å². The summed E-state index contributed by atoms with van der Waals surface area (Å²) < 4.78 is 6.03. The van der Waals surface area contributed by atoms with Crippen molar-refractivity contribution in [1.82, 2.24) is 9.97 Å². The number of rotatable bonds is 1. The van der Waals surface area contributed by atoms with Crippen molar-refractivity contribution in [1.29, 1.82) is 0 Å². The van der Waals surface area contributed by atoms with Gasteiger partial charge in [-0.25, -0.2) is 9.97 Å². The molecule has 0 fully saturated rings. The number of aryl methyl sites for hydroxylation is 1. The number of anilines is 3. The van der Waals surface area contributed by atoms with E-state index >= 15 is 0 Å². The van der Waals surface area contributed by atoms with Crippen molar-refractivity contribution < 1.29 is 4.74 Å². The van der Waals surface area contributed by atoms with Gasteiger partial charge in [-0.1, -0.05) is 6.07 Å². The van der Waals surface area contributed by atoms with Crippen LogP contribution < -0.4 is 9.64 Å². The van der Waals surface area contributed by atoms with Gasteiger partial charge in [-0.2, -0.15) is 0 Å². The topological polar surface area (TPSA) is 38.2 Å². The third-order valence-electron chi connectivity index (χ3n) is 5.13. The van der Waals surface area contributed by atoms with E-state index in [-0.39, 0.29) is 0 Å². The van der Waals surface area contributed by atoms with Gasteiger partial charge < -0.3 is 4.74 Å². The smallest absolute Gasteiger partial charge is 0.182 e. The predicted octanol–water partition coefficient (Wildman–Crippen LogP) is 5.24. The lowest BCUT2D eigenvalue weighted by Crippen LogP contribution is -2.21. The van der Waals surface area contributed by atoms with Crippen molar-refractivity contribution in [3.63, 3.8) is 0 Å². The molecular weight excluding hydrogens is 310 g/mol. The Morgan fingerprint density at radius 1 is 0.840 bits per heavy atom. The molecule has 0 bridgehead atoms. The van der Waals surface area contributed by atoms with E-state index in [4.69, 9.17) is 4.74 Å². The Morgan fingerprint density at radius 3 is 2.16 bits per heavy atom. The molecule has 1 aromatic carbocycles. The monoisotopic (exact) mass is 329 g/mol. The highest BCUT2D eigenvalue weighted by Gasteiger charge is 2.30. The minimum Gasteiger partial charge on any atom is -0.450 e. The molecule has 2 aliphatic rings. The van der Waals surface area contributed by atoms with Crippen molar-refractivity contribution in [2.75, 3.05) is 4.90 Å². The minimum absolute atomic E-state index is 0.771. The number of ether oxygens (including phenoxy) is 1. The standard InChI is InChI=1S/C21H19N3O/c1-14-10-11-17(16-7-3-2-6-15(14)16)24-20-18(8-4-12-22-20)25-19-9-5-13-23-21(19)24/h4-5,8-13H,2-3,6-7H2,1H3. The molecule has 0 spiro atoms. The van der Waals surface area contributed by atoms with E-state index in [1.807, 2.05) is 36.7 Å². The summed E-state index contributed by atoms with van der Waals surface area (Å²) >= 11 is 0. The maximum atomic E-state index is 6.03. The van der Waals surface area contributed by atoms with Gasteiger partial charge in [0.05, 0.1) is 5.69 Å². The average molecular weight is 329 g/mol. The summed E-state index contributed by atoms with van der Waals surface area (Å²) in [5.41, 5.74) is 5.49. The Hall–Kier alpha value is -2.88. The van der Waals surface area contributed by atoms with Gasteiger partial charge in [0.1, 0.15) is 0 Å². The van der Waals surface area contributed by atoms with Crippen LogP contribution in [0.2, 0.25) is 0 Å². The predicted molar refractivity (Wildman–Crippen MR) is 98.2 cm³/mol. The van der Waals surface area contributed by atoms with E-state index in [1.54, 1.807) is 0 Å². The molecular formula is C21H19N3O. The molecule has 5 rings (SSSR count). The Morgan fingerprint density at radius 2 is 1.48 bits per heavy atom. The lowest BCUT2D eigenvalue weighted by molar-refractivity contribution is 0.471. The molecule has 0 saturated heterocycles. The molecule has 0 N–H and O–H groups in total. The molecule has 3 aromatic rings. The third-order valence-corrected chi connectivity index (χ3v) is 5.13. The van der Waals surface area contributed by atoms with E-state index in [1.165, 1.54) is 35.2 Å². The summed E-state index contributed by atoms with van der Waals surface area (Å²) in [7, 11) is 0. The molecule has 0 unspecified atom stereocenters. The normalized spacial score (nSPS) is 15.0. The van der Waals surface area contributed by atoms with E-state index in [9.17, 15) is 0 Å². The maximum Gasteiger partial charge on any atom is 0.182 e. The SMILES string of the molecule is Cc1ccc(N2c3ncccc3Oc3cccnc32)c2c1CCCC2. The van der Waals surface area contributed by atoms with Crippen molar-refractivity contribution in [2.24, 2.45) is 0 Å². The molecule has 0 saturated carbocycles. The number of hydrogen-bond donors (Lipinski definition) is 0. The van der Waals surface area contributed by atoms with Gasteiger partial charge in [0.25, 0.3) is 0 Å². The Labute approximate surface area is 147 Å². The summed E-state index contributed by atoms with van der Waals surface area (Å²) in [6.07, 6.45) is 8.38. The largest absolute Gasteiger partial charge is 0.450 e. The summed E-state index contributed by atoms with van der Waals surface area (Å²) in [5, 5.41) is 0. The molecule has 4 heteroatoms. The highest BCUT2D eigenvalue weighted by molar-refractivity contribution is 5.83. The number of hydrogen-bond acceptors (Lipinski definition) is 4. The fraction of sp³-hybridized carbons (Fsp3) is 0.238. The van der Waals surface area contributed by atoms with Gasteiger partial charge in [0.15, 0.2) is 23.1 Å². The van der Waals surface area contributed by atoms with Crippen molar-refractivity contribution in [2.45, 2.75) is 32.6 Å². The first-order valence-corrected chi connectivity index (χ1v) is 8.82. The molecule has 0 amide bonds. The summed E-state index contributed by atoms with van der Waals surface area (Å²) in [5.74, 6) is 3.16. The van der Waals surface area contributed by atoms with Crippen LogP contribution in [0.25, 0.3) is 0 Å². The molecule has 1 aliphatic heterocycles. The summed E-state index contributed by atoms with van der Waals surface area (Å²) in [6, 6.07) is 12.2. The van der Waals surface area contributed by atoms with E-state index in [0.29, 0.717) is 0 Å². The first-order chi connectivity index (χ1) is 12.3. The lowest BCUT2D eigenvalue weighted by atomic mass is 9.87. The molecule has 0 atom stereocenters. The van der Waals surface area contributed by atoms with Gasteiger partial charge in [0, 0.05) is 12.4 Å². The zero-order valence-electron chi connectivity index (χ0n) is 14.2. The quantitative estimate of drug-likeness (QED) is 0.479. The van der Waals surface area contributed by atoms with Gasteiger partial charge in [-0.05, 0) is 79.6 Å². The number of benzene rings is 1. The fourth-order valence-corrected chi connectivity index (χ4v) is 3.94. The van der Waals surface area contributed by atoms with Gasteiger partial charge in [0.2, 0.25) is 0 Å². The summed E-state index contributed by atoms with van der Waals surface area (Å²) in [6.45, 7) is 2.21. The third kappa shape index (κ3) is 2.21. The van der Waals surface area contributed by atoms with Crippen LogP contribution in [0.3, 0.4) is 0 Å². The van der Waals surface area contributed by atoms with Crippen molar-refractivity contribution in [3.8, 4) is 11.5 Å². The second kappa shape index (κ2) is 5.59. The summed E-state index contributed by atoms with van der Waals surface area (Å²) in [4.78, 5) is 11.4. The number of aromatic nitrogens is 2. The Balaban J connectivity index is 1.78. The first-order valence-electron chi connectivity index (χ1n) is 8.82. The van der Waals surface area contributed by atoms with Crippen molar-refractivity contribution >= 4 is 17.3 Å². The molecule has 124 valence electrons. The molecule has 0 radical (unpaired) electrons. The lowest BCUT2D eigenvalue weighted by Gasteiger charge is -2.33. The zero-order chi connectivity index (χ0) is 16.8. The van der Waals surface area contributed by atoms with Crippen LogP contribution in [0.15, 0.2) is 48.8 Å². The first kappa shape index (κ1) is 14.5. The molecule has 1 aliphatic carbocycles. The number of fused-ring (bicyclic) bond motifs is 3. The van der Waals surface area contributed by atoms with Crippen LogP contribution in [0, 0.1) is 6.92 Å². The number of pyridine rings is 2. The average Bonchev–Trinajstić information content (AvgIpc) is 2.67. The molecule has 3 heterocycles. The molecule has 2 aromatic heterocycles. The van der Waals surface area contributed by atoms with Crippen LogP contribution in [0.4, 0.5) is 17.3 Å². The maximum absolute atomic E-state index is 6.03. The Bertz CT molecular complexity index is 922. The Kier molecular flexibility index (Phi) is 3.23.